The molecule has 6 nitrogen and oxygen atoms in total. The summed E-state index contributed by atoms with van der Waals surface area (Å²) in [5, 5.41) is 4.34. The molecule has 136 valence electrons. The molecule has 25 heavy (non-hydrogen) atoms. The lowest BCUT2D eigenvalue weighted by atomic mass is 10.2. The lowest BCUT2D eigenvalue weighted by molar-refractivity contribution is -0.135. The van der Waals surface area contributed by atoms with E-state index >= 15 is 0 Å². The van der Waals surface area contributed by atoms with Gasteiger partial charge in [-0.1, -0.05) is 6.42 Å². The molecule has 0 aliphatic carbocycles. The molecular formula is C16H18F3N3O3. The number of likely N-dealkylation sites (tertiary alicyclic amines) is 1. The molecule has 0 spiro atoms. The van der Waals surface area contributed by atoms with Crippen molar-refractivity contribution < 1.29 is 27.6 Å². The third kappa shape index (κ3) is 5.20. The van der Waals surface area contributed by atoms with Crippen LogP contribution in [0.3, 0.4) is 0 Å². The second-order valence-corrected chi connectivity index (χ2v) is 5.67. The van der Waals surface area contributed by atoms with E-state index in [4.69, 9.17) is 0 Å². The molecule has 0 unspecified atom stereocenters. The van der Waals surface area contributed by atoms with Crippen LogP contribution in [-0.2, 0) is 14.4 Å². The molecule has 1 aromatic rings. The minimum atomic E-state index is -1.69. The molecule has 9 heteroatoms. The molecule has 0 aromatic heterocycles. The van der Waals surface area contributed by atoms with E-state index < -0.39 is 41.5 Å². The van der Waals surface area contributed by atoms with Crippen LogP contribution in [0, 0.1) is 17.5 Å². The van der Waals surface area contributed by atoms with Gasteiger partial charge in [0.2, 0.25) is 17.7 Å². The number of amides is 3. The maximum absolute atomic E-state index is 13.5. The van der Waals surface area contributed by atoms with Crippen molar-refractivity contribution in [3.63, 3.8) is 0 Å². The molecular weight excluding hydrogens is 339 g/mol. The number of anilines is 1. The molecule has 0 radical (unpaired) electrons. The Balaban J connectivity index is 1.82. The van der Waals surface area contributed by atoms with Crippen LogP contribution in [0.5, 0.6) is 0 Å². The Hall–Kier alpha value is -2.58. The summed E-state index contributed by atoms with van der Waals surface area (Å²) < 4.78 is 39.3. The quantitative estimate of drug-likeness (QED) is 0.785. The normalized spacial score (nSPS) is 14.8. The van der Waals surface area contributed by atoms with Crippen LogP contribution in [-0.4, -0.2) is 42.3 Å². The SMILES string of the molecule is O=C(CN1CCCCCC1=O)NCC(=O)Nc1ccc(F)c(F)c1F. The molecule has 1 fully saturated rings. The summed E-state index contributed by atoms with van der Waals surface area (Å²) in [6, 6.07) is 1.56. The number of rotatable bonds is 5. The molecule has 0 atom stereocenters. The van der Waals surface area contributed by atoms with E-state index in [-0.39, 0.29) is 12.5 Å². The Bertz CT molecular complexity index is 682. The molecule has 1 aliphatic heterocycles. The minimum absolute atomic E-state index is 0.110. The Morgan fingerprint density at radius 2 is 1.80 bits per heavy atom. The summed E-state index contributed by atoms with van der Waals surface area (Å²) in [6.45, 7) is -0.163. The summed E-state index contributed by atoms with van der Waals surface area (Å²) >= 11 is 0. The van der Waals surface area contributed by atoms with Crippen LogP contribution in [0.2, 0.25) is 0 Å². The summed E-state index contributed by atoms with van der Waals surface area (Å²) in [4.78, 5) is 36.7. The number of nitrogens with zero attached hydrogens (tertiary/aromatic N) is 1. The van der Waals surface area contributed by atoms with E-state index in [9.17, 15) is 27.6 Å². The predicted octanol–water partition coefficient (Wildman–Crippen LogP) is 1.56. The zero-order valence-corrected chi connectivity index (χ0v) is 13.4. The van der Waals surface area contributed by atoms with Gasteiger partial charge in [0.1, 0.15) is 0 Å². The van der Waals surface area contributed by atoms with Gasteiger partial charge in [-0.25, -0.2) is 13.2 Å². The maximum Gasteiger partial charge on any atom is 0.243 e. The van der Waals surface area contributed by atoms with Crippen LogP contribution in [0.4, 0.5) is 18.9 Å². The zero-order chi connectivity index (χ0) is 18.4. The summed E-state index contributed by atoms with van der Waals surface area (Å²) in [6.07, 6.45) is 2.92. The lowest BCUT2D eigenvalue weighted by Crippen LogP contribution is -2.42. The molecule has 0 saturated carbocycles. The second kappa shape index (κ2) is 8.50. The highest BCUT2D eigenvalue weighted by atomic mass is 19.2. The maximum atomic E-state index is 13.5. The fourth-order valence-electron chi connectivity index (χ4n) is 2.43. The van der Waals surface area contributed by atoms with Crippen molar-refractivity contribution in [1.29, 1.82) is 0 Å². The van der Waals surface area contributed by atoms with Gasteiger partial charge in [0, 0.05) is 13.0 Å². The van der Waals surface area contributed by atoms with E-state index in [1.165, 1.54) is 4.90 Å². The predicted molar refractivity (Wildman–Crippen MR) is 83.0 cm³/mol. The molecule has 2 N–H and O–H groups in total. The number of hydrogen-bond donors (Lipinski definition) is 2. The largest absolute Gasteiger partial charge is 0.345 e. The van der Waals surface area contributed by atoms with Gasteiger partial charge in [-0.2, -0.15) is 0 Å². The second-order valence-electron chi connectivity index (χ2n) is 5.67. The Morgan fingerprint density at radius 1 is 1.04 bits per heavy atom. The Kier molecular flexibility index (Phi) is 6.37. The first-order chi connectivity index (χ1) is 11.9. The van der Waals surface area contributed by atoms with Crippen LogP contribution in [0.25, 0.3) is 0 Å². The van der Waals surface area contributed by atoms with E-state index in [0.717, 1.165) is 25.3 Å². The van der Waals surface area contributed by atoms with Gasteiger partial charge in [-0.05, 0) is 25.0 Å². The van der Waals surface area contributed by atoms with Crippen molar-refractivity contribution in [2.75, 3.05) is 25.0 Å². The number of benzene rings is 1. The van der Waals surface area contributed by atoms with Gasteiger partial charge in [-0.3, -0.25) is 14.4 Å². The van der Waals surface area contributed by atoms with Crippen molar-refractivity contribution in [3.8, 4) is 0 Å². The van der Waals surface area contributed by atoms with Crippen LogP contribution in [0.1, 0.15) is 25.7 Å². The van der Waals surface area contributed by atoms with Crippen molar-refractivity contribution in [2.45, 2.75) is 25.7 Å². The molecule has 1 saturated heterocycles. The number of halogens is 3. The fourth-order valence-corrected chi connectivity index (χ4v) is 2.43. The highest BCUT2D eigenvalue weighted by Gasteiger charge is 2.20. The first-order valence-electron chi connectivity index (χ1n) is 7.86. The van der Waals surface area contributed by atoms with Crippen molar-refractivity contribution in [2.24, 2.45) is 0 Å². The third-order valence-electron chi connectivity index (χ3n) is 3.76. The van der Waals surface area contributed by atoms with Gasteiger partial charge in [-0.15, -0.1) is 0 Å². The highest BCUT2D eigenvalue weighted by molar-refractivity contribution is 5.95. The first kappa shape index (κ1) is 18.8. The zero-order valence-electron chi connectivity index (χ0n) is 13.4. The molecule has 0 bridgehead atoms. The minimum Gasteiger partial charge on any atom is -0.345 e. The Labute approximate surface area is 142 Å². The average molecular weight is 357 g/mol. The number of carbonyl (C=O) groups excluding carboxylic acids is 3. The fraction of sp³-hybridized carbons (Fsp3) is 0.438. The van der Waals surface area contributed by atoms with Gasteiger partial charge in [0.25, 0.3) is 0 Å². The average Bonchev–Trinajstić information content (AvgIpc) is 2.78. The molecule has 2 rings (SSSR count). The van der Waals surface area contributed by atoms with Crippen LogP contribution < -0.4 is 10.6 Å². The first-order valence-corrected chi connectivity index (χ1v) is 7.86. The molecule has 1 heterocycles. The molecule has 1 aliphatic rings. The monoisotopic (exact) mass is 357 g/mol. The van der Waals surface area contributed by atoms with Crippen LogP contribution in [0.15, 0.2) is 12.1 Å². The van der Waals surface area contributed by atoms with Crippen molar-refractivity contribution in [3.05, 3.63) is 29.6 Å². The smallest absolute Gasteiger partial charge is 0.243 e. The summed E-state index contributed by atoms with van der Waals surface area (Å²) in [7, 11) is 0. The van der Waals surface area contributed by atoms with Crippen molar-refractivity contribution >= 4 is 23.4 Å². The highest BCUT2D eigenvalue weighted by Crippen LogP contribution is 2.19. The standard InChI is InChI=1S/C16H18F3N3O3/c17-10-5-6-11(16(19)15(10)18)21-12(23)8-20-13(24)9-22-7-3-1-2-4-14(22)25/h5-6H,1-4,7-9H2,(H,20,24)(H,21,23). The van der Waals surface area contributed by atoms with Gasteiger partial charge in [0.15, 0.2) is 17.5 Å². The number of carbonyl (C=O) groups is 3. The van der Waals surface area contributed by atoms with E-state index in [1.54, 1.807) is 0 Å². The lowest BCUT2D eigenvalue weighted by Gasteiger charge is -2.19. The molecule has 3 amide bonds. The summed E-state index contributed by atoms with van der Waals surface area (Å²) in [5.41, 5.74) is -0.527. The van der Waals surface area contributed by atoms with Crippen molar-refractivity contribution in [1.82, 2.24) is 10.2 Å². The number of hydrogen-bond acceptors (Lipinski definition) is 3. The van der Waals surface area contributed by atoms with Gasteiger partial charge in [0.05, 0.1) is 18.8 Å². The third-order valence-corrected chi connectivity index (χ3v) is 3.76. The van der Waals surface area contributed by atoms with Gasteiger partial charge >= 0.3 is 0 Å². The molecule has 1 aromatic carbocycles. The van der Waals surface area contributed by atoms with Crippen LogP contribution >= 0.6 is 0 Å². The van der Waals surface area contributed by atoms with E-state index in [2.05, 4.69) is 5.32 Å². The van der Waals surface area contributed by atoms with E-state index in [0.29, 0.717) is 19.0 Å². The topological polar surface area (TPSA) is 78.5 Å². The Morgan fingerprint density at radius 3 is 2.56 bits per heavy atom. The van der Waals surface area contributed by atoms with E-state index in [1.807, 2.05) is 5.32 Å². The summed E-state index contributed by atoms with van der Waals surface area (Å²) in [5.74, 6) is -6.03. The van der Waals surface area contributed by atoms with Gasteiger partial charge < -0.3 is 15.5 Å². The number of nitrogens with one attached hydrogen (secondary N) is 2.